The van der Waals surface area contributed by atoms with E-state index in [2.05, 4.69) is 24.3 Å². The van der Waals surface area contributed by atoms with Gasteiger partial charge in [-0.25, -0.2) is 0 Å². The topological polar surface area (TPSA) is 31.0 Å². The fourth-order valence-electron chi connectivity index (χ4n) is 1.76. The summed E-state index contributed by atoms with van der Waals surface area (Å²) < 4.78 is 15.9. The maximum absolute atomic E-state index is 5.66. The smallest absolute Gasteiger partial charge is 0.146 e. The summed E-state index contributed by atoms with van der Waals surface area (Å²) in [6, 6.07) is 10.5. The molecule has 1 aliphatic rings. The zero-order valence-electron chi connectivity index (χ0n) is 10.7. The van der Waals surface area contributed by atoms with Crippen LogP contribution in [0.4, 0.5) is 0 Å². The van der Waals surface area contributed by atoms with Gasteiger partial charge >= 0.3 is 0 Å². The van der Waals surface area contributed by atoms with Crippen molar-refractivity contribution in [1.82, 2.24) is 0 Å². The predicted molar refractivity (Wildman–Crippen MR) is 72.9 cm³/mol. The number of ether oxygens (including phenoxy) is 3. The monoisotopic (exact) mass is 268 g/mol. The van der Waals surface area contributed by atoms with Crippen LogP contribution in [-0.4, -0.2) is 38.5 Å². The van der Waals surface area contributed by atoms with Crippen LogP contribution in [0.2, 0.25) is 0 Å². The second kappa shape index (κ2) is 7.79. The predicted octanol–water partition coefficient (Wildman–Crippen LogP) is 2.95. The molecule has 0 spiro atoms. The van der Waals surface area contributed by atoms with Gasteiger partial charge in [0.25, 0.3) is 0 Å². The molecule has 1 aromatic rings. The Labute approximate surface area is 113 Å². The molecule has 0 amide bonds. The molecule has 2 atom stereocenters. The van der Waals surface area contributed by atoms with E-state index in [4.69, 9.17) is 14.2 Å². The van der Waals surface area contributed by atoms with Gasteiger partial charge < -0.3 is 14.2 Å². The van der Waals surface area contributed by atoms with Crippen molar-refractivity contribution in [3.05, 3.63) is 30.3 Å². The van der Waals surface area contributed by atoms with Gasteiger partial charge in [-0.3, -0.25) is 0 Å². The lowest BCUT2D eigenvalue weighted by molar-refractivity contribution is -0.0761. The first-order chi connectivity index (χ1) is 8.88. The number of thioether (sulfide) groups is 1. The Morgan fingerprint density at radius 2 is 2.17 bits per heavy atom. The number of benzene rings is 1. The molecular weight excluding hydrogens is 248 g/mol. The highest BCUT2D eigenvalue weighted by Gasteiger charge is 2.26. The molecule has 100 valence electrons. The first-order valence-electron chi connectivity index (χ1n) is 6.28. The zero-order chi connectivity index (χ0) is 12.6. The van der Waals surface area contributed by atoms with Crippen LogP contribution in [0.3, 0.4) is 0 Å². The van der Waals surface area contributed by atoms with Gasteiger partial charge in [0.1, 0.15) is 6.79 Å². The molecule has 18 heavy (non-hydrogen) atoms. The maximum atomic E-state index is 5.66. The molecule has 2 rings (SSSR count). The highest BCUT2D eigenvalue weighted by molar-refractivity contribution is 7.99. The molecule has 0 aromatic heterocycles. The van der Waals surface area contributed by atoms with Crippen LogP contribution in [-0.2, 0) is 14.2 Å². The molecule has 0 bridgehead atoms. The van der Waals surface area contributed by atoms with Crippen molar-refractivity contribution < 1.29 is 14.2 Å². The average Bonchev–Trinajstić information content (AvgIpc) is 3.21. The fraction of sp³-hybridized carbons (Fsp3) is 0.571. The molecule has 1 heterocycles. The maximum Gasteiger partial charge on any atom is 0.146 e. The summed E-state index contributed by atoms with van der Waals surface area (Å²) in [5.74, 6) is 1.06. The summed E-state index contributed by atoms with van der Waals surface area (Å²) in [6.07, 6.45) is 2.67. The lowest BCUT2D eigenvalue weighted by Gasteiger charge is -2.16. The van der Waals surface area contributed by atoms with Gasteiger partial charge in [0.2, 0.25) is 0 Å². The third-order valence-corrected chi connectivity index (χ3v) is 3.85. The lowest BCUT2D eigenvalue weighted by Crippen LogP contribution is -2.18. The van der Waals surface area contributed by atoms with Crippen molar-refractivity contribution in [1.29, 1.82) is 0 Å². The van der Waals surface area contributed by atoms with Crippen LogP contribution in [0.25, 0.3) is 0 Å². The standard InChI is InChI=1S/C14H20O3S/c1-15-11-17-12(9-13-10-16-13)7-8-18-14-5-3-2-4-6-14/h2-6,12-13H,7-11H2,1H3/t12-,13-/m0/s1. The van der Waals surface area contributed by atoms with Gasteiger partial charge in [-0.1, -0.05) is 18.2 Å². The normalized spacial score (nSPS) is 19.7. The summed E-state index contributed by atoms with van der Waals surface area (Å²) in [5, 5.41) is 0. The fourth-order valence-corrected chi connectivity index (χ4v) is 2.72. The van der Waals surface area contributed by atoms with Gasteiger partial charge in [0, 0.05) is 24.2 Å². The van der Waals surface area contributed by atoms with E-state index in [-0.39, 0.29) is 6.10 Å². The van der Waals surface area contributed by atoms with Crippen LogP contribution in [0.1, 0.15) is 12.8 Å². The zero-order valence-corrected chi connectivity index (χ0v) is 11.5. The Morgan fingerprint density at radius 3 is 2.83 bits per heavy atom. The number of epoxide rings is 1. The van der Waals surface area contributed by atoms with Gasteiger partial charge in [0.05, 0.1) is 18.8 Å². The number of hydrogen-bond acceptors (Lipinski definition) is 4. The Balaban J connectivity index is 1.67. The van der Waals surface area contributed by atoms with Crippen LogP contribution >= 0.6 is 11.8 Å². The third kappa shape index (κ3) is 5.40. The molecule has 1 saturated heterocycles. The van der Waals surface area contributed by atoms with Crippen molar-refractivity contribution in [2.75, 3.05) is 26.3 Å². The Kier molecular flexibility index (Phi) is 6.00. The minimum absolute atomic E-state index is 0.244. The molecule has 4 heteroatoms. The van der Waals surface area contributed by atoms with E-state index in [1.54, 1.807) is 7.11 Å². The minimum Gasteiger partial charge on any atom is -0.373 e. The lowest BCUT2D eigenvalue weighted by atomic mass is 10.1. The summed E-state index contributed by atoms with van der Waals surface area (Å²) in [4.78, 5) is 1.31. The molecule has 3 nitrogen and oxygen atoms in total. The molecule has 1 aliphatic heterocycles. The summed E-state index contributed by atoms with van der Waals surface area (Å²) >= 11 is 1.87. The summed E-state index contributed by atoms with van der Waals surface area (Å²) in [7, 11) is 1.66. The van der Waals surface area contributed by atoms with E-state index in [1.165, 1.54) is 4.90 Å². The van der Waals surface area contributed by atoms with Crippen LogP contribution in [0.5, 0.6) is 0 Å². The quantitative estimate of drug-likeness (QED) is 0.391. The van der Waals surface area contributed by atoms with Gasteiger partial charge in [-0.05, 0) is 18.6 Å². The SMILES string of the molecule is COCO[C@@H](CCSc1ccccc1)C[C@H]1CO1. The first-order valence-corrected chi connectivity index (χ1v) is 7.27. The summed E-state index contributed by atoms with van der Waals surface area (Å²) in [5.41, 5.74) is 0. The van der Waals surface area contributed by atoms with Crippen LogP contribution < -0.4 is 0 Å². The van der Waals surface area contributed by atoms with E-state index < -0.39 is 0 Å². The third-order valence-electron chi connectivity index (χ3n) is 2.80. The molecule has 0 radical (unpaired) electrons. The van der Waals surface area contributed by atoms with Crippen LogP contribution in [0.15, 0.2) is 35.2 Å². The Morgan fingerprint density at radius 1 is 1.39 bits per heavy atom. The molecular formula is C14H20O3S. The van der Waals surface area contributed by atoms with E-state index in [0.717, 1.165) is 25.2 Å². The van der Waals surface area contributed by atoms with Gasteiger partial charge in [-0.15, -0.1) is 11.8 Å². The minimum atomic E-state index is 0.244. The van der Waals surface area contributed by atoms with Crippen LogP contribution in [0, 0.1) is 0 Å². The van der Waals surface area contributed by atoms with Crippen molar-refractivity contribution >= 4 is 11.8 Å². The largest absolute Gasteiger partial charge is 0.373 e. The molecule has 1 aromatic carbocycles. The van der Waals surface area contributed by atoms with E-state index >= 15 is 0 Å². The number of rotatable bonds is 9. The van der Waals surface area contributed by atoms with E-state index in [0.29, 0.717) is 12.9 Å². The van der Waals surface area contributed by atoms with Crippen molar-refractivity contribution in [3.8, 4) is 0 Å². The van der Waals surface area contributed by atoms with Gasteiger partial charge in [-0.2, -0.15) is 0 Å². The molecule has 0 aliphatic carbocycles. The Bertz CT molecular complexity index is 327. The Hall–Kier alpha value is -0.550. The number of methoxy groups -OCH3 is 1. The van der Waals surface area contributed by atoms with Gasteiger partial charge in [0.15, 0.2) is 0 Å². The molecule has 0 saturated carbocycles. The first kappa shape index (κ1) is 13.9. The van der Waals surface area contributed by atoms with E-state index in [1.807, 2.05) is 17.8 Å². The average molecular weight is 268 g/mol. The van der Waals surface area contributed by atoms with Crippen molar-refractivity contribution in [2.45, 2.75) is 29.9 Å². The highest BCUT2D eigenvalue weighted by Crippen LogP contribution is 2.23. The summed E-state index contributed by atoms with van der Waals surface area (Å²) in [6.45, 7) is 1.26. The van der Waals surface area contributed by atoms with Crippen molar-refractivity contribution in [2.24, 2.45) is 0 Å². The van der Waals surface area contributed by atoms with Crippen molar-refractivity contribution in [3.63, 3.8) is 0 Å². The highest BCUT2D eigenvalue weighted by atomic mass is 32.2. The number of hydrogen-bond donors (Lipinski definition) is 0. The second-order valence-electron chi connectivity index (χ2n) is 4.34. The molecule has 1 fully saturated rings. The van der Waals surface area contributed by atoms with E-state index in [9.17, 15) is 0 Å². The molecule has 0 unspecified atom stereocenters. The second-order valence-corrected chi connectivity index (χ2v) is 5.50. The molecule has 0 N–H and O–H groups in total.